The Morgan fingerprint density at radius 2 is 1.94 bits per heavy atom. The molecule has 0 aliphatic carbocycles. The van der Waals surface area contributed by atoms with Crippen molar-refractivity contribution >= 4 is 51.1 Å². The number of hydrazone groups is 1. The van der Waals surface area contributed by atoms with Gasteiger partial charge in [0.15, 0.2) is 0 Å². The summed E-state index contributed by atoms with van der Waals surface area (Å²) >= 11 is 1.05. The topological polar surface area (TPSA) is 155 Å². The maximum absolute atomic E-state index is 12.2. The smallest absolute Gasteiger partial charge is 0.269 e. The van der Waals surface area contributed by atoms with Crippen LogP contribution in [0.5, 0.6) is 0 Å². The minimum absolute atomic E-state index is 0.0592. The Morgan fingerprint density at radius 3 is 2.72 bits per heavy atom. The van der Waals surface area contributed by atoms with Gasteiger partial charge in [-0.1, -0.05) is 29.5 Å². The van der Waals surface area contributed by atoms with Crippen LogP contribution >= 0.6 is 11.3 Å². The molecule has 0 fully saturated rings. The molecule has 3 N–H and O–H groups in total. The molecule has 0 radical (unpaired) electrons. The number of H-pyrrole nitrogens is 1. The highest BCUT2D eigenvalue weighted by atomic mass is 32.1. The van der Waals surface area contributed by atoms with Gasteiger partial charge in [-0.25, -0.2) is 5.43 Å². The number of carbonyl (C=O) groups is 2. The van der Waals surface area contributed by atoms with Crippen molar-refractivity contribution in [1.29, 1.82) is 0 Å². The van der Waals surface area contributed by atoms with E-state index in [9.17, 15) is 19.7 Å². The number of nitrogens with zero attached hydrogens (tertiary/aromatic N) is 4. The largest absolute Gasteiger partial charge is 0.361 e. The van der Waals surface area contributed by atoms with Gasteiger partial charge >= 0.3 is 0 Å². The summed E-state index contributed by atoms with van der Waals surface area (Å²) in [5.41, 5.74) is 4.37. The lowest BCUT2D eigenvalue weighted by molar-refractivity contribution is -0.384. The number of aromatic amines is 1. The van der Waals surface area contributed by atoms with Crippen molar-refractivity contribution in [1.82, 2.24) is 20.6 Å². The van der Waals surface area contributed by atoms with Crippen molar-refractivity contribution in [3.8, 4) is 0 Å². The Balaban J connectivity index is 1.31. The summed E-state index contributed by atoms with van der Waals surface area (Å²) in [6, 6.07) is 12.9. The Hall–Kier alpha value is -4.45. The minimum atomic E-state index is -0.547. The van der Waals surface area contributed by atoms with Crippen LogP contribution in [0.3, 0.4) is 0 Å². The number of amides is 2. The van der Waals surface area contributed by atoms with Crippen LogP contribution in [-0.2, 0) is 11.2 Å². The first kappa shape index (κ1) is 20.8. The van der Waals surface area contributed by atoms with Crippen LogP contribution < -0.4 is 10.7 Å². The third kappa shape index (κ3) is 4.82. The number of hydrogen-bond donors (Lipinski definition) is 3. The van der Waals surface area contributed by atoms with Gasteiger partial charge in [-0.3, -0.25) is 25.0 Å². The molecule has 32 heavy (non-hydrogen) atoms. The number of rotatable bonds is 7. The molecule has 4 aromatic rings. The van der Waals surface area contributed by atoms with Crippen LogP contribution in [-0.4, -0.2) is 38.1 Å². The van der Waals surface area contributed by atoms with Gasteiger partial charge in [0, 0.05) is 40.4 Å². The SMILES string of the molecule is O=C(Cc1nnc(NC(=O)c2ccc([N+](=O)[O-])cc2)s1)N/N=C\c1c[nH]c2ccccc12. The van der Waals surface area contributed by atoms with Crippen molar-refractivity contribution in [3.63, 3.8) is 0 Å². The van der Waals surface area contributed by atoms with Gasteiger partial charge in [-0.05, 0) is 18.2 Å². The summed E-state index contributed by atoms with van der Waals surface area (Å²) in [4.78, 5) is 37.6. The predicted octanol–water partition coefficient (Wildman–Crippen LogP) is 2.87. The third-order valence-corrected chi connectivity index (χ3v) is 5.19. The summed E-state index contributed by atoms with van der Waals surface area (Å²) in [6.45, 7) is 0. The molecule has 2 aromatic heterocycles. The van der Waals surface area contributed by atoms with E-state index in [4.69, 9.17) is 0 Å². The van der Waals surface area contributed by atoms with Crippen LogP contribution in [0.15, 0.2) is 59.8 Å². The van der Waals surface area contributed by atoms with E-state index in [-0.39, 0.29) is 28.7 Å². The number of anilines is 1. The Labute approximate surface area is 184 Å². The van der Waals surface area contributed by atoms with E-state index in [0.717, 1.165) is 27.8 Å². The van der Waals surface area contributed by atoms with Crippen LogP contribution in [0, 0.1) is 10.1 Å². The van der Waals surface area contributed by atoms with Gasteiger partial charge < -0.3 is 4.98 Å². The number of aromatic nitrogens is 3. The number of nitro benzene ring substituents is 1. The molecule has 11 nitrogen and oxygen atoms in total. The highest BCUT2D eigenvalue weighted by Crippen LogP contribution is 2.18. The highest BCUT2D eigenvalue weighted by Gasteiger charge is 2.14. The number of hydrogen-bond acceptors (Lipinski definition) is 8. The molecule has 2 amide bonds. The summed E-state index contributed by atoms with van der Waals surface area (Å²) in [6.07, 6.45) is 3.29. The number of nitro groups is 1. The van der Waals surface area contributed by atoms with E-state index in [0.29, 0.717) is 5.01 Å². The third-order valence-electron chi connectivity index (χ3n) is 4.35. The van der Waals surface area contributed by atoms with E-state index >= 15 is 0 Å². The zero-order valence-electron chi connectivity index (χ0n) is 16.3. The second-order valence-corrected chi connectivity index (χ2v) is 7.58. The predicted molar refractivity (Wildman–Crippen MR) is 119 cm³/mol. The van der Waals surface area contributed by atoms with Gasteiger partial charge in [-0.15, -0.1) is 10.2 Å². The summed E-state index contributed by atoms with van der Waals surface area (Å²) < 4.78 is 0. The summed E-state index contributed by atoms with van der Waals surface area (Å²) in [5, 5.41) is 26.5. The fraction of sp³-hybridized carbons (Fsp3) is 0.0500. The van der Waals surface area contributed by atoms with E-state index in [1.54, 1.807) is 12.4 Å². The zero-order valence-corrected chi connectivity index (χ0v) is 17.1. The van der Waals surface area contributed by atoms with E-state index in [2.05, 4.69) is 31.0 Å². The molecule has 0 unspecified atom stereocenters. The summed E-state index contributed by atoms with van der Waals surface area (Å²) in [7, 11) is 0. The first-order valence-corrected chi connectivity index (χ1v) is 10.1. The molecule has 160 valence electrons. The zero-order chi connectivity index (χ0) is 22.5. The molecular formula is C20H15N7O4S. The summed E-state index contributed by atoms with van der Waals surface area (Å²) in [5.74, 6) is -0.874. The first-order valence-electron chi connectivity index (χ1n) is 9.26. The fourth-order valence-electron chi connectivity index (χ4n) is 2.83. The van der Waals surface area contributed by atoms with Gasteiger partial charge in [0.05, 0.1) is 17.6 Å². The molecule has 0 saturated carbocycles. The van der Waals surface area contributed by atoms with Crippen LogP contribution in [0.2, 0.25) is 0 Å². The maximum atomic E-state index is 12.2. The average Bonchev–Trinajstić information content (AvgIpc) is 3.40. The lowest BCUT2D eigenvalue weighted by Crippen LogP contribution is -2.19. The number of non-ortho nitro benzene ring substituents is 1. The quantitative estimate of drug-likeness (QED) is 0.224. The molecule has 0 aliphatic rings. The lowest BCUT2D eigenvalue weighted by Gasteiger charge is -2.00. The Bertz CT molecular complexity index is 1330. The second-order valence-electron chi connectivity index (χ2n) is 6.52. The average molecular weight is 449 g/mol. The Morgan fingerprint density at radius 1 is 1.16 bits per heavy atom. The van der Waals surface area contributed by atoms with Crippen LogP contribution in [0.4, 0.5) is 10.8 Å². The lowest BCUT2D eigenvalue weighted by atomic mass is 10.2. The van der Waals surface area contributed by atoms with Crippen LogP contribution in [0.1, 0.15) is 20.9 Å². The van der Waals surface area contributed by atoms with Crippen molar-refractivity contribution in [2.24, 2.45) is 5.10 Å². The number of fused-ring (bicyclic) bond motifs is 1. The van der Waals surface area contributed by atoms with Gasteiger partial charge in [-0.2, -0.15) is 5.10 Å². The van der Waals surface area contributed by atoms with Crippen molar-refractivity contribution in [2.45, 2.75) is 6.42 Å². The fourth-order valence-corrected chi connectivity index (χ4v) is 3.56. The molecule has 0 aliphatic heterocycles. The number of carbonyl (C=O) groups excluding carboxylic acids is 2. The normalized spacial score (nSPS) is 11.0. The molecule has 0 atom stereocenters. The van der Waals surface area contributed by atoms with Gasteiger partial charge in [0.25, 0.3) is 11.6 Å². The van der Waals surface area contributed by atoms with Crippen LogP contribution in [0.25, 0.3) is 10.9 Å². The van der Waals surface area contributed by atoms with Gasteiger partial charge in [0.2, 0.25) is 11.0 Å². The number of para-hydroxylation sites is 1. The minimum Gasteiger partial charge on any atom is -0.361 e. The first-order chi connectivity index (χ1) is 15.5. The standard InChI is InChI=1S/C20H15N7O4S/c28-17(24-22-11-13-10-21-16-4-2-1-3-15(13)16)9-18-25-26-20(32-18)23-19(29)12-5-7-14(8-6-12)27(30)31/h1-8,10-11,21H,9H2,(H,24,28)(H,23,26,29)/b22-11-. The van der Waals surface area contributed by atoms with E-state index < -0.39 is 10.8 Å². The van der Waals surface area contributed by atoms with Crippen molar-refractivity contribution in [3.05, 3.63) is 81.0 Å². The molecule has 2 aromatic carbocycles. The van der Waals surface area contributed by atoms with Crippen molar-refractivity contribution in [2.75, 3.05) is 5.32 Å². The molecule has 0 spiro atoms. The van der Waals surface area contributed by atoms with Crippen molar-refractivity contribution < 1.29 is 14.5 Å². The van der Waals surface area contributed by atoms with E-state index in [1.165, 1.54) is 24.3 Å². The molecule has 12 heteroatoms. The highest BCUT2D eigenvalue weighted by molar-refractivity contribution is 7.15. The molecule has 0 saturated heterocycles. The Kier molecular flexibility index (Phi) is 5.94. The molecular weight excluding hydrogens is 434 g/mol. The van der Waals surface area contributed by atoms with E-state index in [1.807, 2.05) is 24.3 Å². The molecule has 0 bridgehead atoms. The number of nitrogens with one attached hydrogen (secondary N) is 3. The van der Waals surface area contributed by atoms with Gasteiger partial charge in [0.1, 0.15) is 5.01 Å². The maximum Gasteiger partial charge on any atom is 0.269 e. The second kappa shape index (κ2) is 9.14. The number of benzene rings is 2. The molecule has 2 heterocycles. The monoisotopic (exact) mass is 449 g/mol. The molecule has 4 rings (SSSR count).